The summed E-state index contributed by atoms with van der Waals surface area (Å²) < 4.78 is 56.9. The van der Waals surface area contributed by atoms with Crippen LogP contribution in [0.25, 0.3) is 32.1 Å². The van der Waals surface area contributed by atoms with Crippen molar-refractivity contribution in [3.05, 3.63) is 40.2 Å². The Kier molecular flexibility index (Phi) is 7.51. The van der Waals surface area contributed by atoms with Crippen molar-refractivity contribution in [1.82, 2.24) is 14.9 Å². The van der Waals surface area contributed by atoms with Crippen molar-refractivity contribution < 1.29 is 22.6 Å². The van der Waals surface area contributed by atoms with Gasteiger partial charge < -0.3 is 20.1 Å². The van der Waals surface area contributed by atoms with E-state index < -0.39 is 23.2 Å². The first kappa shape index (κ1) is 30.3. The Morgan fingerprint density at radius 2 is 2.13 bits per heavy atom. The van der Waals surface area contributed by atoms with E-state index in [0.29, 0.717) is 69.9 Å². The zero-order chi connectivity index (χ0) is 31.7. The number of hydrogen-bond acceptors (Lipinski definition) is 9. The zero-order valence-corrected chi connectivity index (χ0v) is 26.5. The van der Waals surface area contributed by atoms with E-state index in [9.17, 15) is 14.0 Å². The largest absolute Gasteiger partial charge is 0.461 e. The molecule has 3 fully saturated rings. The zero-order valence-electron chi connectivity index (χ0n) is 24.9. The fraction of sp³-hybridized carbons (Fsp3) is 0.469. The first-order valence-electron chi connectivity index (χ1n) is 15.0. The number of hydrogen-bond donors (Lipinski definition) is 1. The normalized spacial score (nSPS) is 25.5. The van der Waals surface area contributed by atoms with Crippen molar-refractivity contribution in [3.63, 3.8) is 0 Å². The standard InChI is InChI=1S/C32H32ClF3N6O2S/c1-17-24(19-4-5-23(35)27-25(19)21(12-37)28(38)45-27)22(33)10-20-26(17)39-30(40-29(20)41-8-9-43-15-31(2,36)14-41)44-16-32-6-3-7-42(32)13-18(34)11-32/h4-5,10,18H,3,6-9,11,13-16,38H2,1-2H3/t18-,31?,32+/m1/s1. The van der Waals surface area contributed by atoms with E-state index in [2.05, 4.69) is 11.0 Å². The predicted molar refractivity (Wildman–Crippen MR) is 170 cm³/mol. The Bertz CT molecular complexity index is 1880. The van der Waals surface area contributed by atoms with Gasteiger partial charge in [-0.25, -0.2) is 13.2 Å². The molecule has 3 aliphatic rings. The fourth-order valence-electron chi connectivity index (χ4n) is 7.31. The number of fused-ring (bicyclic) bond motifs is 3. The number of alkyl halides is 2. The maximum atomic E-state index is 15.4. The smallest absolute Gasteiger partial charge is 0.319 e. The number of aromatic nitrogens is 2. The number of rotatable bonds is 5. The number of halogens is 4. The predicted octanol–water partition coefficient (Wildman–Crippen LogP) is 6.59. The Hall–Kier alpha value is -3.37. The lowest BCUT2D eigenvalue weighted by atomic mass is 9.93. The van der Waals surface area contributed by atoms with E-state index in [-0.39, 0.29) is 41.0 Å². The van der Waals surface area contributed by atoms with E-state index >= 15 is 4.39 Å². The number of benzene rings is 2. The molecule has 0 amide bonds. The summed E-state index contributed by atoms with van der Waals surface area (Å²) in [6, 6.07) is 6.85. The number of nitrogens with zero attached hydrogens (tertiary/aromatic N) is 5. The van der Waals surface area contributed by atoms with Gasteiger partial charge >= 0.3 is 6.01 Å². The van der Waals surface area contributed by atoms with Crippen LogP contribution in [0.15, 0.2) is 18.2 Å². The molecular formula is C32H32ClF3N6O2S. The number of thiophene rings is 1. The maximum absolute atomic E-state index is 15.4. The summed E-state index contributed by atoms with van der Waals surface area (Å²) in [6.45, 7) is 5.42. The monoisotopic (exact) mass is 656 g/mol. The summed E-state index contributed by atoms with van der Waals surface area (Å²) in [7, 11) is 0. The van der Waals surface area contributed by atoms with Crippen LogP contribution in [0.1, 0.15) is 37.3 Å². The maximum Gasteiger partial charge on any atom is 0.319 e. The summed E-state index contributed by atoms with van der Waals surface area (Å²) >= 11 is 8.01. The second kappa shape index (κ2) is 11.2. The van der Waals surface area contributed by atoms with Crippen molar-refractivity contribution >= 4 is 54.7 Å². The summed E-state index contributed by atoms with van der Waals surface area (Å²) in [5, 5.41) is 11.4. The molecule has 5 heterocycles. The highest BCUT2D eigenvalue weighted by atomic mass is 35.5. The van der Waals surface area contributed by atoms with E-state index in [0.717, 1.165) is 30.7 Å². The van der Waals surface area contributed by atoms with Gasteiger partial charge in [-0.1, -0.05) is 17.7 Å². The van der Waals surface area contributed by atoms with Crippen molar-refractivity contribution in [3.8, 4) is 23.2 Å². The summed E-state index contributed by atoms with van der Waals surface area (Å²) in [4.78, 5) is 13.6. The van der Waals surface area contributed by atoms with Gasteiger partial charge in [-0.2, -0.15) is 15.2 Å². The lowest BCUT2D eigenvalue weighted by Crippen LogP contribution is -2.43. The minimum Gasteiger partial charge on any atom is -0.461 e. The van der Waals surface area contributed by atoms with Gasteiger partial charge in [0.05, 0.1) is 41.1 Å². The highest BCUT2D eigenvalue weighted by Crippen LogP contribution is 2.46. The summed E-state index contributed by atoms with van der Waals surface area (Å²) in [6.07, 6.45) is 1.27. The molecule has 4 aromatic rings. The molecule has 3 atom stereocenters. The van der Waals surface area contributed by atoms with Crippen molar-refractivity contribution in [2.24, 2.45) is 0 Å². The van der Waals surface area contributed by atoms with Gasteiger partial charge in [0, 0.05) is 40.9 Å². The number of nitrogens with two attached hydrogens (primary N) is 1. The third kappa shape index (κ3) is 5.14. The third-order valence-electron chi connectivity index (χ3n) is 9.30. The van der Waals surface area contributed by atoms with Crippen LogP contribution < -0.4 is 15.4 Å². The number of aryl methyl sites for hydroxylation is 1. The second-order valence-corrected chi connectivity index (χ2v) is 14.0. The van der Waals surface area contributed by atoms with Gasteiger partial charge in [0.25, 0.3) is 0 Å². The van der Waals surface area contributed by atoms with Crippen molar-refractivity contribution in [1.29, 1.82) is 5.26 Å². The topological polar surface area (TPSA) is 101 Å². The fourth-order valence-corrected chi connectivity index (χ4v) is 8.61. The van der Waals surface area contributed by atoms with Gasteiger partial charge in [0.2, 0.25) is 0 Å². The molecule has 0 aliphatic carbocycles. The Morgan fingerprint density at radius 3 is 2.93 bits per heavy atom. The third-order valence-corrected chi connectivity index (χ3v) is 10.6. The number of anilines is 2. The molecule has 0 bridgehead atoms. The molecule has 0 radical (unpaired) electrons. The molecule has 0 saturated carbocycles. The molecule has 45 heavy (non-hydrogen) atoms. The highest BCUT2D eigenvalue weighted by Gasteiger charge is 2.49. The van der Waals surface area contributed by atoms with E-state index in [4.69, 9.17) is 36.8 Å². The van der Waals surface area contributed by atoms with Gasteiger partial charge in [-0.05, 0) is 56.5 Å². The lowest BCUT2D eigenvalue weighted by molar-refractivity contribution is 0.0508. The van der Waals surface area contributed by atoms with Gasteiger partial charge in [0.1, 0.15) is 41.2 Å². The molecule has 7 rings (SSSR count). The molecule has 8 nitrogen and oxygen atoms in total. The molecule has 2 N–H and O–H groups in total. The molecular weight excluding hydrogens is 625 g/mol. The van der Waals surface area contributed by atoms with Crippen LogP contribution in [0.2, 0.25) is 5.02 Å². The van der Waals surface area contributed by atoms with Gasteiger partial charge in [-0.3, -0.25) is 4.90 Å². The summed E-state index contributed by atoms with van der Waals surface area (Å²) in [5.74, 6) is -0.0412. The molecule has 13 heteroatoms. The molecule has 2 aromatic heterocycles. The number of nitrogen functional groups attached to an aromatic ring is 1. The van der Waals surface area contributed by atoms with E-state index in [1.807, 2.05) is 11.8 Å². The van der Waals surface area contributed by atoms with Gasteiger partial charge in [-0.15, -0.1) is 11.3 Å². The van der Waals surface area contributed by atoms with Crippen LogP contribution in [0.3, 0.4) is 0 Å². The number of nitriles is 1. The minimum absolute atomic E-state index is 0.0243. The second-order valence-electron chi connectivity index (χ2n) is 12.6. The average Bonchev–Trinajstić information content (AvgIpc) is 3.59. The number of ether oxygens (including phenoxy) is 2. The minimum atomic E-state index is -1.64. The SMILES string of the molecule is Cc1c(-c2ccc(F)c3sc(N)c(C#N)c23)c(Cl)cc2c(N3CCOCC(C)(F)C3)nc(OC[C@@]34CCCN3C[C@H](F)C4)nc12. The Labute approximate surface area is 267 Å². The molecule has 1 unspecified atom stereocenters. The van der Waals surface area contributed by atoms with E-state index in [1.165, 1.54) is 13.0 Å². The summed E-state index contributed by atoms with van der Waals surface area (Å²) in [5.41, 5.74) is 6.51. The van der Waals surface area contributed by atoms with Crippen molar-refractivity contribution in [2.45, 2.75) is 50.5 Å². The quantitative estimate of drug-likeness (QED) is 0.257. The molecule has 0 spiro atoms. The molecule has 236 valence electrons. The van der Waals surface area contributed by atoms with Crippen LogP contribution in [0.5, 0.6) is 6.01 Å². The van der Waals surface area contributed by atoms with E-state index in [1.54, 1.807) is 12.1 Å². The van der Waals surface area contributed by atoms with Crippen LogP contribution in [0, 0.1) is 24.1 Å². The molecule has 3 saturated heterocycles. The first-order valence-corrected chi connectivity index (χ1v) is 16.1. The Morgan fingerprint density at radius 1 is 1.31 bits per heavy atom. The molecule has 3 aliphatic heterocycles. The van der Waals surface area contributed by atoms with Crippen LogP contribution in [0.4, 0.5) is 24.0 Å². The lowest BCUT2D eigenvalue weighted by Gasteiger charge is -2.31. The van der Waals surface area contributed by atoms with Gasteiger partial charge in [0.15, 0.2) is 0 Å². The Balaban J connectivity index is 1.41. The van der Waals surface area contributed by atoms with Crippen molar-refractivity contribution in [2.75, 3.05) is 56.6 Å². The van der Waals surface area contributed by atoms with Crippen LogP contribution >= 0.6 is 22.9 Å². The first-order chi connectivity index (χ1) is 21.5. The van der Waals surface area contributed by atoms with Crippen LogP contribution in [-0.4, -0.2) is 78.2 Å². The van der Waals surface area contributed by atoms with Crippen LogP contribution in [-0.2, 0) is 4.74 Å². The molecule has 2 aromatic carbocycles. The highest BCUT2D eigenvalue weighted by molar-refractivity contribution is 7.23. The average molecular weight is 657 g/mol.